The molecule has 2 heterocycles. The van der Waals surface area contributed by atoms with E-state index in [1.807, 2.05) is 11.9 Å². The molecule has 0 spiro atoms. The summed E-state index contributed by atoms with van der Waals surface area (Å²) >= 11 is 0. The number of hydrogen-bond donors (Lipinski definition) is 1. The maximum absolute atomic E-state index is 12.5. The zero-order valence-electron chi connectivity index (χ0n) is 13.4. The molecule has 0 aliphatic carbocycles. The third kappa shape index (κ3) is 4.07. The van der Waals surface area contributed by atoms with Crippen molar-refractivity contribution in [3.63, 3.8) is 0 Å². The number of rotatable bonds is 4. The minimum Gasteiger partial charge on any atom is -0.369 e. The van der Waals surface area contributed by atoms with Gasteiger partial charge in [0.2, 0.25) is 11.7 Å². The lowest BCUT2D eigenvalue weighted by molar-refractivity contribution is -0.122. The number of hydrogen-bond acceptors (Lipinski definition) is 5. The van der Waals surface area contributed by atoms with Crippen LogP contribution in [-0.2, 0) is 11.2 Å². The van der Waals surface area contributed by atoms with Crippen LogP contribution in [0.4, 0.5) is 0 Å². The van der Waals surface area contributed by atoms with Crippen LogP contribution in [0, 0.1) is 11.8 Å². The summed E-state index contributed by atoms with van der Waals surface area (Å²) in [4.78, 5) is 27.7. The lowest BCUT2D eigenvalue weighted by Crippen LogP contribution is -2.40. The molecule has 1 unspecified atom stereocenters. The highest BCUT2D eigenvalue weighted by Gasteiger charge is 2.29. The monoisotopic (exact) mass is 308 g/mol. The lowest BCUT2D eigenvalue weighted by atomic mass is 10.1. The van der Waals surface area contributed by atoms with Crippen LogP contribution in [-0.4, -0.2) is 60.0 Å². The fourth-order valence-electron chi connectivity index (χ4n) is 2.62. The Labute approximate surface area is 130 Å². The smallest absolute Gasteiger partial charge is 0.292 e. The van der Waals surface area contributed by atoms with Gasteiger partial charge in [0, 0.05) is 32.2 Å². The first-order chi connectivity index (χ1) is 10.4. The SMILES string of the molecule is CC(C)Cc1cc(C(=O)N2CCN(C)CC(C(N)=O)C2)on1. The van der Waals surface area contributed by atoms with Gasteiger partial charge in [0.1, 0.15) is 0 Å². The van der Waals surface area contributed by atoms with Crippen LogP contribution < -0.4 is 5.73 Å². The summed E-state index contributed by atoms with van der Waals surface area (Å²) in [5.74, 6) is -0.314. The molecule has 2 amide bonds. The Morgan fingerprint density at radius 1 is 1.41 bits per heavy atom. The van der Waals surface area contributed by atoms with Crippen molar-refractivity contribution in [3.05, 3.63) is 17.5 Å². The maximum Gasteiger partial charge on any atom is 0.292 e. The van der Waals surface area contributed by atoms with Crippen molar-refractivity contribution < 1.29 is 14.1 Å². The molecule has 0 radical (unpaired) electrons. The van der Waals surface area contributed by atoms with Gasteiger partial charge in [-0.15, -0.1) is 0 Å². The molecular weight excluding hydrogens is 284 g/mol. The predicted molar refractivity (Wildman–Crippen MR) is 81.1 cm³/mol. The van der Waals surface area contributed by atoms with Crippen LogP contribution in [0.25, 0.3) is 0 Å². The average Bonchev–Trinajstić information content (AvgIpc) is 2.79. The molecule has 0 bridgehead atoms. The summed E-state index contributed by atoms with van der Waals surface area (Å²) in [6, 6.07) is 1.69. The van der Waals surface area contributed by atoms with E-state index in [0.29, 0.717) is 32.1 Å². The highest BCUT2D eigenvalue weighted by atomic mass is 16.5. The minimum absolute atomic E-state index is 0.225. The van der Waals surface area contributed by atoms with Crippen molar-refractivity contribution in [2.45, 2.75) is 20.3 Å². The molecule has 1 aromatic heterocycles. The molecule has 2 rings (SSSR count). The highest BCUT2D eigenvalue weighted by molar-refractivity contribution is 5.92. The fourth-order valence-corrected chi connectivity index (χ4v) is 2.62. The number of primary amides is 1. The Balaban J connectivity index is 2.10. The van der Waals surface area contributed by atoms with E-state index in [4.69, 9.17) is 10.3 Å². The number of carbonyl (C=O) groups is 2. The van der Waals surface area contributed by atoms with Crippen molar-refractivity contribution in [1.82, 2.24) is 15.0 Å². The second kappa shape index (κ2) is 6.91. The standard InChI is InChI=1S/C15H24N4O3/c1-10(2)6-12-7-13(22-17-12)15(21)19-5-4-18(3)8-11(9-19)14(16)20/h7,10-11H,4-6,8-9H2,1-3H3,(H2,16,20). The minimum atomic E-state index is -0.385. The van der Waals surface area contributed by atoms with Crippen molar-refractivity contribution in [2.75, 3.05) is 33.2 Å². The van der Waals surface area contributed by atoms with Crippen LogP contribution in [0.5, 0.6) is 0 Å². The van der Waals surface area contributed by atoms with Gasteiger partial charge in [-0.2, -0.15) is 0 Å². The van der Waals surface area contributed by atoms with Crippen molar-refractivity contribution >= 4 is 11.8 Å². The van der Waals surface area contributed by atoms with E-state index in [1.165, 1.54) is 0 Å². The first-order valence-electron chi connectivity index (χ1n) is 7.59. The van der Waals surface area contributed by atoms with Gasteiger partial charge in [0.05, 0.1) is 11.6 Å². The van der Waals surface area contributed by atoms with Gasteiger partial charge >= 0.3 is 0 Å². The van der Waals surface area contributed by atoms with Crippen LogP contribution in [0.3, 0.4) is 0 Å². The van der Waals surface area contributed by atoms with E-state index in [1.54, 1.807) is 11.0 Å². The first-order valence-corrected chi connectivity index (χ1v) is 7.59. The van der Waals surface area contributed by atoms with Crippen LogP contribution in [0.15, 0.2) is 10.6 Å². The van der Waals surface area contributed by atoms with Gasteiger partial charge < -0.3 is 20.1 Å². The fraction of sp³-hybridized carbons (Fsp3) is 0.667. The van der Waals surface area contributed by atoms with Crippen molar-refractivity contribution in [1.29, 1.82) is 0 Å². The number of aromatic nitrogens is 1. The average molecular weight is 308 g/mol. The Hall–Kier alpha value is -1.89. The molecule has 1 aromatic rings. The molecule has 0 aromatic carbocycles. The van der Waals surface area contributed by atoms with Crippen LogP contribution >= 0.6 is 0 Å². The van der Waals surface area contributed by atoms with Crippen molar-refractivity contribution in [2.24, 2.45) is 17.6 Å². The van der Waals surface area contributed by atoms with Crippen LogP contribution in [0.1, 0.15) is 30.1 Å². The summed E-state index contributed by atoms with van der Waals surface area (Å²) in [5.41, 5.74) is 6.19. The van der Waals surface area contributed by atoms with Crippen molar-refractivity contribution in [3.8, 4) is 0 Å². The van der Waals surface area contributed by atoms with E-state index in [0.717, 1.165) is 12.1 Å². The van der Waals surface area contributed by atoms with Gasteiger partial charge in [-0.3, -0.25) is 9.59 Å². The molecule has 2 N–H and O–H groups in total. The van der Waals surface area contributed by atoms with Gasteiger partial charge in [-0.1, -0.05) is 19.0 Å². The summed E-state index contributed by atoms with van der Waals surface area (Å²) in [6.07, 6.45) is 0.767. The van der Waals surface area contributed by atoms with E-state index in [2.05, 4.69) is 19.0 Å². The Morgan fingerprint density at radius 2 is 2.14 bits per heavy atom. The van der Waals surface area contributed by atoms with E-state index in [-0.39, 0.29) is 23.5 Å². The summed E-state index contributed by atoms with van der Waals surface area (Å²) in [6.45, 7) is 6.28. The first kappa shape index (κ1) is 16.5. The van der Waals surface area contributed by atoms with Gasteiger partial charge in [-0.05, 0) is 19.4 Å². The number of nitrogens with two attached hydrogens (primary N) is 1. The molecule has 22 heavy (non-hydrogen) atoms. The molecular formula is C15H24N4O3. The largest absolute Gasteiger partial charge is 0.369 e. The second-order valence-electron chi connectivity index (χ2n) is 6.39. The molecule has 1 saturated heterocycles. The van der Waals surface area contributed by atoms with E-state index < -0.39 is 0 Å². The number of likely N-dealkylation sites (N-methyl/N-ethyl adjacent to an activating group) is 1. The molecule has 0 saturated carbocycles. The number of amides is 2. The number of nitrogens with zero attached hydrogens (tertiary/aromatic N) is 3. The molecule has 7 heteroatoms. The third-order valence-electron chi connectivity index (χ3n) is 3.80. The topological polar surface area (TPSA) is 92.7 Å². The zero-order valence-corrected chi connectivity index (χ0v) is 13.4. The lowest BCUT2D eigenvalue weighted by Gasteiger charge is -2.21. The summed E-state index contributed by atoms with van der Waals surface area (Å²) in [7, 11) is 1.92. The molecule has 122 valence electrons. The van der Waals surface area contributed by atoms with Gasteiger partial charge in [0.25, 0.3) is 5.91 Å². The van der Waals surface area contributed by atoms with E-state index >= 15 is 0 Å². The normalized spacial score (nSPS) is 20.2. The van der Waals surface area contributed by atoms with Gasteiger partial charge in [-0.25, -0.2) is 0 Å². The second-order valence-corrected chi connectivity index (χ2v) is 6.39. The summed E-state index contributed by atoms with van der Waals surface area (Å²) < 4.78 is 5.17. The maximum atomic E-state index is 12.5. The molecule has 1 aliphatic rings. The van der Waals surface area contributed by atoms with Crippen LogP contribution in [0.2, 0.25) is 0 Å². The Morgan fingerprint density at radius 3 is 2.77 bits per heavy atom. The summed E-state index contributed by atoms with van der Waals surface area (Å²) in [5, 5.41) is 3.94. The predicted octanol–water partition coefficient (Wildman–Crippen LogP) is 0.362. The highest BCUT2D eigenvalue weighted by Crippen LogP contribution is 2.15. The Kier molecular flexibility index (Phi) is 5.18. The molecule has 1 aliphatic heterocycles. The molecule has 1 atom stereocenters. The molecule has 7 nitrogen and oxygen atoms in total. The number of carbonyl (C=O) groups excluding carboxylic acids is 2. The third-order valence-corrected chi connectivity index (χ3v) is 3.80. The zero-order chi connectivity index (χ0) is 16.3. The Bertz CT molecular complexity index is 541. The molecule has 1 fully saturated rings. The van der Waals surface area contributed by atoms with Gasteiger partial charge in [0.15, 0.2) is 0 Å². The quantitative estimate of drug-likeness (QED) is 0.867. The van der Waals surface area contributed by atoms with E-state index in [9.17, 15) is 9.59 Å².